The summed E-state index contributed by atoms with van der Waals surface area (Å²) in [4.78, 5) is 12.9. The summed E-state index contributed by atoms with van der Waals surface area (Å²) in [6.07, 6.45) is -7.45. The number of fused-ring (bicyclic) bond motifs is 1. The molecule has 33 heavy (non-hydrogen) atoms. The van der Waals surface area contributed by atoms with Crippen LogP contribution in [0.4, 0.5) is 0 Å². The van der Waals surface area contributed by atoms with Gasteiger partial charge in [0, 0.05) is 6.42 Å². The molecule has 2 aliphatic heterocycles. The first-order valence-electron chi connectivity index (χ1n) is 10.4. The van der Waals surface area contributed by atoms with Crippen molar-refractivity contribution in [2.45, 2.75) is 43.2 Å². The Morgan fingerprint density at radius 2 is 1.73 bits per heavy atom. The fourth-order valence-electron chi connectivity index (χ4n) is 4.03. The molecule has 1 fully saturated rings. The molecule has 10 nitrogen and oxygen atoms in total. The molecule has 0 unspecified atom stereocenters. The van der Waals surface area contributed by atoms with Gasteiger partial charge < -0.3 is 44.1 Å². The van der Waals surface area contributed by atoms with Crippen LogP contribution in [0.15, 0.2) is 36.4 Å². The van der Waals surface area contributed by atoms with Gasteiger partial charge in [-0.25, -0.2) is 4.79 Å². The van der Waals surface area contributed by atoms with Crippen molar-refractivity contribution < 1.29 is 48.9 Å². The van der Waals surface area contributed by atoms with Crippen LogP contribution >= 0.6 is 0 Å². The van der Waals surface area contributed by atoms with Gasteiger partial charge in [0.15, 0.2) is 11.5 Å². The van der Waals surface area contributed by atoms with Crippen molar-refractivity contribution in [1.82, 2.24) is 0 Å². The van der Waals surface area contributed by atoms with Gasteiger partial charge >= 0.3 is 5.97 Å². The van der Waals surface area contributed by atoms with Crippen LogP contribution in [0, 0.1) is 0 Å². The van der Waals surface area contributed by atoms with Crippen molar-refractivity contribution in [2.75, 3.05) is 20.8 Å². The zero-order valence-electron chi connectivity index (χ0n) is 18.1. The lowest BCUT2D eigenvalue weighted by molar-refractivity contribution is -0.277. The molecule has 0 radical (unpaired) electrons. The summed E-state index contributed by atoms with van der Waals surface area (Å²) in [6.45, 7) is -0.591. The number of cyclic esters (lactones) is 1. The first kappa shape index (κ1) is 23.3. The first-order valence-corrected chi connectivity index (χ1v) is 10.4. The fourth-order valence-corrected chi connectivity index (χ4v) is 4.03. The Kier molecular flexibility index (Phi) is 6.73. The highest BCUT2D eigenvalue weighted by atomic mass is 16.7. The summed E-state index contributed by atoms with van der Waals surface area (Å²) >= 11 is 0. The number of methoxy groups -OCH3 is 2. The highest BCUT2D eigenvalue weighted by molar-refractivity contribution is 5.95. The molecular weight excluding hydrogens is 436 g/mol. The van der Waals surface area contributed by atoms with Crippen LogP contribution in [0.2, 0.25) is 0 Å². The molecule has 2 aliphatic rings. The fraction of sp³-hybridized carbons (Fsp3) is 0.435. The van der Waals surface area contributed by atoms with E-state index in [0.717, 1.165) is 5.56 Å². The Bertz CT molecular complexity index is 1010. The van der Waals surface area contributed by atoms with Gasteiger partial charge in [0.1, 0.15) is 41.8 Å². The number of hydrogen-bond donors (Lipinski definition) is 4. The second kappa shape index (κ2) is 9.54. The summed E-state index contributed by atoms with van der Waals surface area (Å²) in [5.41, 5.74) is 1.56. The van der Waals surface area contributed by atoms with E-state index in [9.17, 15) is 25.2 Å². The third-order valence-electron chi connectivity index (χ3n) is 5.84. The van der Waals surface area contributed by atoms with Crippen LogP contribution in [0.3, 0.4) is 0 Å². The second-order valence-corrected chi connectivity index (χ2v) is 7.82. The number of ether oxygens (including phenoxy) is 5. The van der Waals surface area contributed by atoms with Crippen molar-refractivity contribution in [1.29, 1.82) is 0 Å². The molecule has 0 aromatic heterocycles. The number of aliphatic hydroxyl groups excluding tert-OH is 4. The number of hydrogen-bond acceptors (Lipinski definition) is 10. The van der Waals surface area contributed by atoms with Crippen molar-refractivity contribution in [2.24, 2.45) is 0 Å². The molecule has 4 N–H and O–H groups in total. The number of carbonyl (C=O) groups is 1. The van der Waals surface area contributed by atoms with E-state index in [0.29, 0.717) is 23.5 Å². The molecule has 6 atom stereocenters. The van der Waals surface area contributed by atoms with Gasteiger partial charge in [-0.3, -0.25) is 0 Å². The molecule has 1 saturated heterocycles. The lowest BCUT2D eigenvalue weighted by Gasteiger charge is -2.40. The normalized spacial score (nSPS) is 29.1. The lowest BCUT2D eigenvalue weighted by atomic mass is 9.93. The summed E-state index contributed by atoms with van der Waals surface area (Å²) < 4.78 is 27.3. The van der Waals surface area contributed by atoms with E-state index >= 15 is 0 Å². The van der Waals surface area contributed by atoms with Gasteiger partial charge in [0.2, 0.25) is 6.29 Å². The maximum Gasteiger partial charge on any atom is 0.342 e. The second-order valence-electron chi connectivity index (χ2n) is 7.82. The summed E-state index contributed by atoms with van der Waals surface area (Å²) in [7, 11) is 3.05. The maximum atomic E-state index is 12.9. The zero-order valence-corrected chi connectivity index (χ0v) is 18.1. The minimum atomic E-state index is -1.60. The Labute approximate surface area is 189 Å². The van der Waals surface area contributed by atoms with Gasteiger partial charge in [-0.1, -0.05) is 18.2 Å². The molecule has 2 aromatic rings. The number of carbonyl (C=O) groups excluding carboxylic acids is 1. The van der Waals surface area contributed by atoms with E-state index < -0.39 is 49.4 Å². The number of esters is 1. The number of aliphatic hydroxyl groups is 4. The highest BCUT2D eigenvalue weighted by Crippen LogP contribution is 2.38. The van der Waals surface area contributed by atoms with E-state index in [1.165, 1.54) is 20.3 Å². The van der Waals surface area contributed by atoms with Crippen molar-refractivity contribution in [3.63, 3.8) is 0 Å². The minimum absolute atomic E-state index is 0.0904. The summed E-state index contributed by atoms with van der Waals surface area (Å²) in [5.74, 6) is 0.527. The maximum absolute atomic E-state index is 12.9. The SMILES string of the molecule is COc1ccc([C@@H]2Cc3cccc(O[C@@H]4O[C@H](CO)[C@@H](O)[C@H](O)[C@H]4O)c3C(=O)O2)cc1OC. The van der Waals surface area contributed by atoms with Gasteiger partial charge in [0.05, 0.1) is 20.8 Å². The lowest BCUT2D eigenvalue weighted by Crippen LogP contribution is -2.60. The van der Waals surface area contributed by atoms with Crippen molar-refractivity contribution >= 4 is 5.97 Å². The van der Waals surface area contributed by atoms with E-state index in [1.807, 2.05) is 0 Å². The summed E-state index contributed by atoms with van der Waals surface area (Å²) in [6, 6.07) is 10.2. The third-order valence-corrected chi connectivity index (χ3v) is 5.84. The molecule has 0 saturated carbocycles. The van der Waals surface area contributed by atoms with Crippen molar-refractivity contribution in [3.8, 4) is 17.2 Å². The minimum Gasteiger partial charge on any atom is -0.493 e. The molecule has 0 spiro atoms. The Balaban J connectivity index is 1.59. The largest absolute Gasteiger partial charge is 0.493 e. The molecular formula is C23H26O10. The van der Waals surface area contributed by atoms with E-state index in [1.54, 1.807) is 30.3 Å². The van der Waals surface area contributed by atoms with Crippen LogP contribution in [-0.2, 0) is 15.9 Å². The molecule has 0 aliphatic carbocycles. The van der Waals surface area contributed by atoms with Crippen LogP contribution in [0.5, 0.6) is 17.2 Å². The molecule has 0 bridgehead atoms. The van der Waals surface area contributed by atoms with Crippen LogP contribution in [0.1, 0.15) is 27.6 Å². The first-order chi connectivity index (χ1) is 15.9. The monoisotopic (exact) mass is 462 g/mol. The predicted octanol–water partition coefficient (Wildman–Crippen LogP) is 0.337. The number of benzene rings is 2. The summed E-state index contributed by atoms with van der Waals surface area (Å²) in [5, 5.41) is 39.6. The Hall–Kier alpha value is -2.89. The van der Waals surface area contributed by atoms with Crippen LogP contribution < -0.4 is 14.2 Å². The van der Waals surface area contributed by atoms with Gasteiger partial charge in [0.25, 0.3) is 0 Å². The van der Waals surface area contributed by atoms with Crippen molar-refractivity contribution in [3.05, 3.63) is 53.1 Å². The molecule has 2 aromatic carbocycles. The van der Waals surface area contributed by atoms with E-state index in [4.69, 9.17) is 23.7 Å². The van der Waals surface area contributed by atoms with Gasteiger partial charge in [-0.2, -0.15) is 0 Å². The van der Waals surface area contributed by atoms with E-state index in [2.05, 4.69) is 0 Å². The topological polar surface area (TPSA) is 144 Å². The van der Waals surface area contributed by atoms with Crippen LogP contribution in [-0.4, -0.2) is 77.9 Å². The Morgan fingerprint density at radius 3 is 2.42 bits per heavy atom. The average Bonchev–Trinajstić information content (AvgIpc) is 2.83. The number of rotatable bonds is 6. The Morgan fingerprint density at radius 1 is 0.970 bits per heavy atom. The standard InChI is InChI=1S/C23H26O10/c1-29-13-7-6-11(8-16(13)30-2)15-9-12-4-3-5-14(18(12)22(28)31-15)32-23-21(27)20(26)19(25)17(10-24)33-23/h3-8,15,17,19-21,23-27H,9-10H2,1-2H3/t15-,17+,19+,20-,21+,23+/m0/s1. The van der Waals surface area contributed by atoms with Crippen LogP contribution in [0.25, 0.3) is 0 Å². The predicted molar refractivity (Wildman–Crippen MR) is 112 cm³/mol. The van der Waals surface area contributed by atoms with E-state index in [-0.39, 0.29) is 11.3 Å². The third kappa shape index (κ3) is 4.35. The van der Waals surface area contributed by atoms with Gasteiger partial charge in [-0.15, -0.1) is 0 Å². The molecule has 10 heteroatoms. The molecule has 4 rings (SSSR count). The average molecular weight is 462 g/mol. The highest BCUT2D eigenvalue weighted by Gasteiger charge is 2.45. The van der Waals surface area contributed by atoms with Gasteiger partial charge in [-0.05, 0) is 29.3 Å². The molecule has 0 amide bonds. The molecule has 2 heterocycles. The molecule has 178 valence electrons. The smallest absolute Gasteiger partial charge is 0.342 e. The quantitative estimate of drug-likeness (QED) is 0.444. The zero-order chi connectivity index (χ0) is 23.7.